The second-order valence-electron chi connectivity index (χ2n) is 9.70. The molecule has 0 radical (unpaired) electrons. The normalized spacial score (nSPS) is 14.2. The number of pyridine rings is 1. The van der Waals surface area contributed by atoms with Crippen LogP contribution < -0.4 is 4.72 Å². The number of aromatic nitrogens is 2. The van der Waals surface area contributed by atoms with Crippen molar-refractivity contribution in [3.05, 3.63) is 76.4 Å². The van der Waals surface area contributed by atoms with Gasteiger partial charge in [0.05, 0.1) is 21.8 Å². The predicted octanol–water partition coefficient (Wildman–Crippen LogP) is 5.59. The molecule has 0 fully saturated rings. The third kappa shape index (κ3) is 5.70. The first-order valence-electron chi connectivity index (χ1n) is 11.3. The van der Waals surface area contributed by atoms with Crippen LogP contribution in [0.4, 0.5) is 0 Å². The van der Waals surface area contributed by atoms with Gasteiger partial charge < -0.3 is 4.52 Å². The molecule has 2 heterocycles. The maximum atomic E-state index is 13.2. The average Bonchev–Trinajstić information content (AvgIpc) is 3.21. The lowest BCUT2D eigenvalue weighted by molar-refractivity contribution is 0.459. The lowest BCUT2D eigenvalue weighted by Crippen LogP contribution is -2.37. The molecular weight excluding hydrogens is 518 g/mol. The van der Waals surface area contributed by atoms with E-state index in [1.807, 2.05) is 58.0 Å². The molecule has 1 N–H and O–H groups in total. The van der Waals surface area contributed by atoms with E-state index < -0.39 is 31.6 Å². The maximum absolute atomic E-state index is 13.2. The van der Waals surface area contributed by atoms with E-state index in [4.69, 9.17) is 16.1 Å². The SMILES string of the molecule is Cc1ccc(S(C)(=O)=O)nc1C[C@H](N[S@@](=O)C(C)(C)C)c1ccccc1-c1noc2cc(Cl)ccc12. The number of hydrogen-bond donors (Lipinski definition) is 1. The van der Waals surface area contributed by atoms with Crippen molar-refractivity contribution < 1.29 is 17.1 Å². The van der Waals surface area contributed by atoms with E-state index >= 15 is 0 Å². The number of rotatable bonds is 7. The highest BCUT2D eigenvalue weighted by atomic mass is 35.5. The molecule has 0 aliphatic rings. The van der Waals surface area contributed by atoms with Crippen LogP contribution in [0.2, 0.25) is 5.02 Å². The molecule has 2 aromatic heterocycles. The Bertz CT molecular complexity index is 1560. The molecule has 2 atom stereocenters. The summed E-state index contributed by atoms with van der Waals surface area (Å²) in [5, 5.41) is 5.67. The van der Waals surface area contributed by atoms with Gasteiger partial charge in [0.2, 0.25) is 0 Å². The number of halogens is 1. The van der Waals surface area contributed by atoms with Gasteiger partial charge in [0, 0.05) is 40.4 Å². The summed E-state index contributed by atoms with van der Waals surface area (Å²) in [6.07, 6.45) is 1.45. The lowest BCUT2D eigenvalue weighted by atomic mass is 9.93. The Labute approximate surface area is 218 Å². The number of nitrogens with zero attached hydrogens (tertiary/aromatic N) is 2. The highest BCUT2D eigenvalue weighted by Gasteiger charge is 2.27. The Morgan fingerprint density at radius 3 is 2.53 bits per heavy atom. The average molecular weight is 546 g/mol. The van der Waals surface area contributed by atoms with Crippen LogP contribution in [0.1, 0.15) is 43.6 Å². The molecule has 0 spiro atoms. The molecule has 0 aliphatic carbocycles. The highest BCUT2D eigenvalue weighted by Crippen LogP contribution is 2.35. The van der Waals surface area contributed by atoms with Crippen molar-refractivity contribution in [3.8, 4) is 11.3 Å². The molecule has 0 aliphatic heterocycles. The smallest absolute Gasteiger partial charge is 0.192 e. The molecule has 7 nitrogen and oxygen atoms in total. The Balaban J connectivity index is 1.85. The van der Waals surface area contributed by atoms with Gasteiger partial charge in [0.15, 0.2) is 20.4 Å². The Morgan fingerprint density at radius 1 is 1.11 bits per heavy atom. The summed E-state index contributed by atoms with van der Waals surface area (Å²) in [7, 11) is -4.90. The van der Waals surface area contributed by atoms with Crippen molar-refractivity contribution in [2.24, 2.45) is 0 Å². The fourth-order valence-corrected chi connectivity index (χ4v) is 5.38. The molecule has 0 saturated carbocycles. The first-order chi connectivity index (χ1) is 16.8. The van der Waals surface area contributed by atoms with Crippen LogP contribution in [0.25, 0.3) is 22.2 Å². The molecule has 0 saturated heterocycles. The summed E-state index contributed by atoms with van der Waals surface area (Å²) < 4.78 is 45.9. The third-order valence-corrected chi connectivity index (χ3v) is 8.62. The van der Waals surface area contributed by atoms with E-state index in [1.165, 1.54) is 6.07 Å². The molecule has 36 heavy (non-hydrogen) atoms. The maximum Gasteiger partial charge on any atom is 0.192 e. The highest BCUT2D eigenvalue weighted by molar-refractivity contribution is 7.90. The van der Waals surface area contributed by atoms with Crippen LogP contribution >= 0.6 is 11.6 Å². The van der Waals surface area contributed by atoms with Gasteiger partial charge >= 0.3 is 0 Å². The minimum absolute atomic E-state index is 0.00597. The summed E-state index contributed by atoms with van der Waals surface area (Å²) >= 11 is 6.12. The number of benzene rings is 2. The monoisotopic (exact) mass is 545 g/mol. The van der Waals surface area contributed by atoms with Crippen LogP contribution in [0, 0.1) is 6.92 Å². The van der Waals surface area contributed by atoms with Gasteiger partial charge in [-0.1, -0.05) is 47.1 Å². The molecule has 0 unspecified atom stereocenters. The largest absolute Gasteiger partial charge is 0.356 e. The second-order valence-corrected chi connectivity index (χ2v) is 14.1. The summed E-state index contributed by atoms with van der Waals surface area (Å²) in [6, 6.07) is 15.8. The van der Waals surface area contributed by atoms with Crippen molar-refractivity contribution in [2.45, 2.75) is 49.9 Å². The van der Waals surface area contributed by atoms with Crippen molar-refractivity contribution in [1.82, 2.24) is 14.9 Å². The van der Waals surface area contributed by atoms with Crippen LogP contribution in [0.5, 0.6) is 0 Å². The lowest BCUT2D eigenvalue weighted by Gasteiger charge is -2.26. The summed E-state index contributed by atoms with van der Waals surface area (Å²) in [6.45, 7) is 7.55. The Morgan fingerprint density at radius 2 is 1.83 bits per heavy atom. The van der Waals surface area contributed by atoms with Gasteiger partial charge in [0.25, 0.3) is 0 Å². The first kappa shape index (κ1) is 26.5. The van der Waals surface area contributed by atoms with Crippen molar-refractivity contribution in [3.63, 3.8) is 0 Å². The van der Waals surface area contributed by atoms with E-state index in [-0.39, 0.29) is 5.03 Å². The van der Waals surface area contributed by atoms with Crippen molar-refractivity contribution in [1.29, 1.82) is 0 Å². The Kier molecular flexibility index (Phi) is 7.39. The molecule has 10 heteroatoms. The van der Waals surface area contributed by atoms with Gasteiger partial charge in [-0.15, -0.1) is 0 Å². The van der Waals surface area contributed by atoms with E-state index in [9.17, 15) is 12.6 Å². The predicted molar refractivity (Wildman–Crippen MR) is 144 cm³/mol. The number of hydrogen-bond acceptors (Lipinski definition) is 6. The van der Waals surface area contributed by atoms with Gasteiger partial charge in [-0.3, -0.25) is 0 Å². The van der Waals surface area contributed by atoms with Crippen molar-refractivity contribution >= 4 is 43.4 Å². The molecule has 190 valence electrons. The quantitative estimate of drug-likeness (QED) is 0.325. The van der Waals surface area contributed by atoms with Crippen LogP contribution in [0.3, 0.4) is 0 Å². The Hall–Kier alpha value is -2.59. The molecule has 0 amide bonds. The number of aryl methyl sites for hydroxylation is 1. The standard InChI is InChI=1S/C26H28ClN3O4S2/c1-16-10-13-24(36(5,32)33)28-21(16)15-22(30-35(31)26(2,3)4)18-8-6-7-9-19(18)25-20-12-11-17(27)14-23(20)34-29-25/h6-14,22,30H,15H2,1-5H3/t22-,35-/m0/s1. The van der Waals surface area contributed by atoms with Crippen LogP contribution in [0.15, 0.2) is 64.1 Å². The fraction of sp³-hybridized carbons (Fsp3) is 0.308. The summed E-state index contributed by atoms with van der Waals surface area (Å²) in [5.41, 5.74) is 4.29. The van der Waals surface area contributed by atoms with E-state index in [1.54, 1.807) is 18.2 Å². The first-order valence-corrected chi connectivity index (χ1v) is 14.8. The topological polar surface area (TPSA) is 102 Å². The summed E-state index contributed by atoms with van der Waals surface area (Å²) in [5.74, 6) is 0. The van der Waals surface area contributed by atoms with Crippen molar-refractivity contribution in [2.75, 3.05) is 6.26 Å². The minimum Gasteiger partial charge on any atom is -0.356 e. The fourth-order valence-electron chi connectivity index (χ4n) is 3.80. The third-order valence-electron chi connectivity index (χ3n) is 5.78. The molecule has 4 rings (SSSR count). The molecule has 4 aromatic rings. The second kappa shape index (κ2) is 10.0. The zero-order valence-corrected chi connectivity index (χ0v) is 23.1. The van der Waals surface area contributed by atoms with Crippen LogP contribution in [-0.2, 0) is 27.2 Å². The molecular formula is C26H28ClN3O4S2. The molecule has 2 aromatic carbocycles. The van der Waals surface area contributed by atoms with Gasteiger partial charge in [-0.2, -0.15) is 0 Å². The molecule has 0 bridgehead atoms. The van der Waals surface area contributed by atoms with E-state index in [0.29, 0.717) is 28.4 Å². The number of sulfone groups is 1. The van der Waals surface area contributed by atoms with Crippen LogP contribution in [-0.4, -0.2) is 33.8 Å². The number of fused-ring (bicyclic) bond motifs is 1. The van der Waals surface area contributed by atoms with Gasteiger partial charge in [0.1, 0.15) is 5.69 Å². The van der Waals surface area contributed by atoms with E-state index in [0.717, 1.165) is 28.3 Å². The summed E-state index contributed by atoms with van der Waals surface area (Å²) in [4.78, 5) is 4.45. The zero-order valence-electron chi connectivity index (χ0n) is 20.7. The minimum atomic E-state index is -3.48. The van der Waals surface area contributed by atoms with Gasteiger partial charge in [-0.05, 0) is 57.0 Å². The van der Waals surface area contributed by atoms with E-state index in [2.05, 4.69) is 14.9 Å². The zero-order chi connectivity index (χ0) is 26.3. The van der Waals surface area contributed by atoms with Gasteiger partial charge in [-0.25, -0.2) is 22.3 Å². The number of nitrogens with one attached hydrogen (secondary N) is 1.